The van der Waals surface area contributed by atoms with Crippen molar-refractivity contribution < 1.29 is 9.90 Å². The Morgan fingerprint density at radius 3 is 3.00 bits per heavy atom. The summed E-state index contributed by atoms with van der Waals surface area (Å²) in [6.07, 6.45) is 0. The number of carbonyl (C=O) groups excluding carboxylic acids is 1. The molecule has 0 fully saturated rings. The maximum absolute atomic E-state index is 11.4. The van der Waals surface area contributed by atoms with E-state index in [1.54, 1.807) is 18.2 Å². The van der Waals surface area contributed by atoms with Crippen LogP contribution >= 0.6 is 23.4 Å². The Kier molecular flexibility index (Phi) is 5.45. The number of aliphatic hydroxyl groups excluding tert-OH is 1. The first-order valence-corrected chi connectivity index (χ1v) is 6.20. The maximum atomic E-state index is 11.4. The molecule has 1 aromatic rings. The fraction of sp³-hybridized carbons (Fsp3) is 0.300. The van der Waals surface area contributed by atoms with Crippen LogP contribution in [0.25, 0.3) is 0 Å². The Bertz CT molecular complexity index is 374. The van der Waals surface area contributed by atoms with Crippen molar-refractivity contribution in [2.24, 2.45) is 0 Å². The number of nitrogens with one attached hydrogen (secondary N) is 1. The molecule has 88 valence electrons. The van der Waals surface area contributed by atoms with Crippen molar-refractivity contribution in [1.29, 1.82) is 0 Å². The average molecular weight is 261 g/mol. The van der Waals surface area contributed by atoms with Gasteiger partial charge in [-0.15, -0.1) is 11.8 Å². The average Bonchev–Trinajstić information content (AvgIpc) is 2.24. The van der Waals surface area contributed by atoms with E-state index in [1.807, 2.05) is 0 Å². The summed E-state index contributed by atoms with van der Waals surface area (Å²) in [5.74, 6) is 0.662. The zero-order valence-electron chi connectivity index (χ0n) is 8.57. The number of anilines is 2. The Labute approximate surface area is 103 Å². The molecule has 0 atom stereocenters. The van der Waals surface area contributed by atoms with Gasteiger partial charge in [-0.05, 0) is 18.2 Å². The van der Waals surface area contributed by atoms with E-state index in [0.29, 0.717) is 22.2 Å². The number of hydrogen-bond acceptors (Lipinski definition) is 4. The maximum Gasteiger partial charge on any atom is 0.234 e. The van der Waals surface area contributed by atoms with Gasteiger partial charge in [-0.25, -0.2) is 0 Å². The molecule has 4 N–H and O–H groups in total. The fourth-order valence-corrected chi connectivity index (χ4v) is 1.75. The Morgan fingerprint density at radius 1 is 1.56 bits per heavy atom. The topological polar surface area (TPSA) is 75.3 Å². The molecular weight excluding hydrogens is 248 g/mol. The molecule has 1 rings (SSSR count). The van der Waals surface area contributed by atoms with Crippen LogP contribution < -0.4 is 11.1 Å². The van der Waals surface area contributed by atoms with Gasteiger partial charge < -0.3 is 16.2 Å². The summed E-state index contributed by atoms with van der Waals surface area (Å²) in [4.78, 5) is 11.4. The molecule has 0 saturated heterocycles. The quantitative estimate of drug-likeness (QED) is 0.555. The van der Waals surface area contributed by atoms with Crippen molar-refractivity contribution in [2.45, 2.75) is 0 Å². The summed E-state index contributed by atoms with van der Waals surface area (Å²) < 4.78 is 0. The molecular formula is C10H13ClN2O2S. The van der Waals surface area contributed by atoms with Gasteiger partial charge in [0.05, 0.1) is 23.1 Å². The van der Waals surface area contributed by atoms with Crippen LogP contribution in [0.1, 0.15) is 0 Å². The lowest BCUT2D eigenvalue weighted by atomic mass is 10.3. The molecule has 0 heterocycles. The van der Waals surface area contributed by atoms with Crippen LogP contribution in [0.15, 0.2) is 18.2 Å². The minimum absolute atomic E-state index is 0.0665. The molecule has 0 aliphatic rings. The number of nitrogen functional groups attached to an aromatic ring is 1. The third-order valence-corrected chi connectivity index (χ3v) is 3.00. The number of halogens is 1. The Morgan fingerprint density at radius 2 is 2.31 bits per heavy atom. The normalized spacial score (nSPS) is 10.1. The predicted octanol–water partition coefficient (Wildman–Crippen LogP) is 1.59. The second-order valence-corrected chi connectivity index (χ2v) is 4.58. The summed E-state index contributed by atoms with van der Waals surface area (Å²) >= 11 is 7.24. The molecule has 0 aliphatic carbocycles. The molecule has 1 amide bonds. The molecule has 0 spiro atoms. The lowest BCUT2D eigenvalue weighted by Gasteiger charge is -2.07. The van der Waals surface area contributed by atoms with Crippen LogP contribution in [0.4, 0.5) is 11.4 Å². The van der Waals surface area contributed by atoms with Crippen molar-refractivity contribution in [3.8, 4) is 0 Å². The van der Waals surface area contributed by atoms with Crippen molar-refractivity contribution >= 4 is 40.6 Å². The van der Waals surface area contributed by atoms with Gasteiger partial charge in [0.2, 0.25) is 5.91 Å². The number of rotatable bonds is 5. The lowest BCUT2D eigenvalue weighted by molar-refractivity contribution is -0.113. The first-order chi connectivity index (χ1) is 7.63. The number of benzene rings is 1. The summed E-state index contributed by atoms with van der Waals surface area (Å²) in [6.45, 7) is 0.0665. The smallest absolute Gasteiger partial charge is 0.234 e. The summed E-state index contributed by atoms with van der Waals surface area (Å²) in [6, 6.07) is 4.91. The summed E-state index contributed by atoms with van der Waals surface area (Å²) in [7, 11) is 0. The number of carbonyl (C=O) groups is 1. The highest BCUT2D eigenvalue weighted by Crippen LogP contribution is 2.24. The largest absolute Gasteiger partial charge is 0.399 e. The zero-order chi connectivity index (χ0) is 12.0. The first kappa shape index (κ1) is 13.2. The van der Waals surface area contributed by atoms with Crippen LogP contribution in [0.2, 0.25) is 5.02 Å². The van der Waals surface area contributed by atoms with Crippen molar-refractivity contribution in [2.75, 3.05) is 29.2 Å². The Balaban J connectivity index is 2.52. The molecule has 0 bridgehead atoms. The highest BCUT2D eigenvalue weighted by molar-refractivity contribution is 7.99. The van der Waals surface area contributed by atoms with Crippen molar-refractivity contribution in [3.63, 3.8) is 0 Å². The molecule has 6 heteroatoms. The van der Waals surface area contributed by atoms with E-state index in [9.17, 15) is 4.79 Å². The van der Waals surface area contributed by atoms with Crippen molar-refractivity contribution in [3.05, 3.63) is 23.2 Å². The minimum atomic E-state index is -0.161. The third-order valence-electron chi connectivity index (χ3n) is 1.73. The van der Waals surface area contributed by atoms with Gasteiger partial charge in [0.1, 0.15) is 0 Å². The first-order valence-electron chi connectivity index (χ1n) is 4.67. The van der Waals surface area contributed by atoms with E-state index < -0.39 is 0 Å². The van der Waals surface area contributed by atoms with Crippen LogP contribution in [0, 0.1) is 0 Å². The third kappa shape index (κ3) is 4.30. The van der Waals surface area contributed by atoms with Crippen LogP contribution in [0.3, 0.4) is 0 Å². The molecule has 4 nitrogen and oxygen atoms in total. The van der Waals surface area contributed by atoms with Gasteiger partial charge in [-0.3, -0.25) is 4.79 Å². The Hall–Kier alpha value is -0.910. The molecule has 1 aromatic carbocycles. The van der Waals surface area contributed by atoms with E-state index in [0.717, 1.165) is 0 Å². The fourth-order valence-electron chi connectivity index (χ4n) is 1.05. The van der Waals surface area contributed by atoms with E-state index >= 15 is 0 Å². The zero-order valence-corrected chi connectivity index (χ0v) is 10.1. The van der Waals surface area contributed by atoms with Gasteiger partial charge in [-0.2, -0.15) is 0 Å². The number of aliphatic hydroxyl groups is 1. The summed E-state index contributed by atoms with van der Waals surface area (Å²) in [5.41, 5.74) is 6.63. The highest BCUT2D eigenvalue weighted by atomic mass is 35.5. The van der Waals surface area contributed by atoms with E-state index in [4.69, 9.17) is 22.4 Å². The van der Waals surface area contributed by atoms with Crippen LogP contribution in [-0.4, -0.2) is 29.1 Å². The number of amides is 1. The van der Waals surface area contributed by atoms with E-state index in [2.05, 4.69) is 5.32 Å². The SMILES string of the molecule is Nc1ccc(Cl)c(NC(=O)CSCCO)c1. The molecule has 0 aliphatic heterocycles. The second kappa shape index (κ2) is 6.62. The van der Waals surface area contributed by atoms with E-state index in [-0.39, 0.29) is 18.3 Å². The predicted molar refractivity (Wildman–Crippen MR) is 68.9 cm³/mol. The molecule has 0 unspecified atom stereocenters. The van der Waals surface area contributed by atoms with Crippen LogP contribution in [-0.2, 0) is 4.79 Å². The van der Waals surface area contributed by atoms with Crippen LogP contribution in [0.5, 0.6) is 0 Å². The highest BCUT2D eigenvalue weighted by Gasteiger charge is 2.06. The van der Waals surface area contributed by atoms with Gasteiger partial charge in [-0.1, -0.05) is 11.6 Å². The molecule has 0 saturated carbocycles. The van der Waals surface area contributed by atoms with Gasteiger partial charge in [0, 0.05) is 11.4 Å². The van der Waals surface area contributed by atoms with Gasteiger partial charge >= 0.3 is 0 Å². The minimum Gasteiger partial charge on any atom is -0.399 e. The lowest BCUT2D eigenvalue weighted by Crippen LogP contribution is -2.15. The van der Waals surface area contributed by atoms with Gasteiger partial charge in [0.25, 0.3) is 0 Å². The standard InChI is InChI=1S/C10H13ClN2O2S/c11-8-2-1-7(12)5-9(8)13-10(15)6-16-4-3-14/h1-2,5,14H,3-4,6,12H2,(H,13,15). The molecule has 0 aromatic heterocycles. The molecule has 0 radical (unpaired) electrons. The van der Waals surface area contributed by atoms with E-state index in [1.165, 1.54) is 11.8 Å². The van der Waals surface area contributed by atoms with Gasteiger partial charge in [0.15, 0.2) is 0 Å². The monoisotopic (exact) mass is 260 g/mol. The number of hydrogen-bond donors (Lipinski definition) is 3. The second-order valence-electron chi connectivity index (χ2n) is 3.06. The summed E-state index contributed by atoms with van der Waals surface area (Å²) in [5, 5.41) is 11.7. The van der Waals surface area contributed by atoms with Crippen molar-refractivity contribution in [1.82, 2.24) is 0 Å². The number of thioether (sulfide) groups is 1. The molecule has 16 heavy (non-hydrogen) atoms. The number of nitrogens with two attached hydrogens (primary N) is 1.